The van der Waals surface area contributed by atoms with Crippen molar-refractivity contribution in [2.75, 3.05) is 40.0 Å². The number of nitrogens with one attached hydrogen (secondary N) is 1. The minimum Gasteiger partial charge on any atom is -0.383 e. The summed E-state index contributed by atoms with van der Waals surface area (Å²) in [6.07, 6.45) is 9.34. The van der Waals surface area contributed by atoms with Gasteiger partial charge >= 0.3 is 0 Å². The van der Waals surface area contributed by atoms with Crippen LogP contribution in [0.5, 0.6) is 0 Å². The number of methoxy groups -OCH3 is 1. The van der Waals surface area contributed by atoms with Crippen LogP contribution in [-0.4, -0.2) is 40.0 Å². The molecule has 0 saturated heterocycles. The highest BCUT2D eigenvalue weighted by atomic mass is 16.5. The predicted molar refractivity (Wildman–Crippen MR) is 80.5 cm³/mol. The largest absolute Gasteiger partial charge is 0.383 e. The van der Waals surface area contributed by atoms with Crippen molar-refractivity contribution in [2.45, 2.75) is 51.9 Å². The third-order valence-electron chi connectivity index (χ3n) is 4.23. The van der Waals surface area contributed by atoms with Gasteiger partial charge in [-0.3, -0.25) is 0 Å². The van der Waals surface area contributed by atoms with Gasteiger partial charge < -0.3 is 14.8 Å². The Balaban J connectivity index is 2.16. The van der Waals surface area contributed by atoms with Crippen LogP contribution in [0.2, 0.25) is 0 Å². The lowest BCUT2D eigenvalue weighted by molar-refractivity contribution is 0.107. The van der Waals surface area contributed by atoms with E-state index in [0.29, 0.717) is 0 Å². The predicted octanol–water partition coefficient (Wildman–Crippen LogP) is 3.24. The van der Waals surface area contributed by atoms with E-state index in [4.69, 9.17) is 9.47 Å². The Kier molecular flexibility index (Phi) is 10.4. The maximum Gasteiger partial charge on any atom is 0.0587 e. The fourth-order valence-electron chi connectivity index (χ4n) is 2.98. The van der Waals surface area contributed by atoms with Crippen LogP contribution < -0.4 is 5.32 Å². The van der Waals surface area contributed by atoms with Crippen LogP contribution in [0.15, 0.2) is 0 Å². The number of rotatable bonds is 12. The molecule has 1 aliphatic rings. The zero-order chi connectivity index (χ0) is 13.8. The van der Waals surface area contributed by atoms with Crippen molar-refractivity contribution in [3.8, 4) is 0 Å². The van der Waals surface area contributed by atoms with Crippen molar-refractivity contribution in [3.05, 3.63) is 0 Å². The van der Waals surface area contributed by atoms with Gasteiger partial charge in [0.25, 0.3) is 0 Å². The van der Waals surface area contributed by atoms with Crippen molar-refractivity contribution < 1.29 is 9.47 Å². The van der Waals surface area contributed by atoms with Gasteiger partial charge in [-0.1, -0.05) is 39.0 Å². The Bertz CT molecular complexity index is 193. The monoisotopic (exact) mass is 271 g/mol. The van der Waals surface area contributed by atoms with E-state index in [-0.39, 0.29) is 0 Å². The number of hydrogen-bond acceptors (Lipinski definition) is 3. The Morgan fingerprint density at radius 1 is 1.16 bits per heavy atom. The van der Waals surface area contributed by atoms with E-state index in [2.05, 4.69) is 12.2 Å². The van der Waals surface area contributed by atoms with Gasteiger partial charge in [0, 0.05) is 26.9 Å². The molecule has 0 spiro atoms. The zero-order valence-electron chi connectivity index (χ0n) is 13.0. The lowest BCUT2D eigenvalue weighted by atomic mass is 9.88. The van der Waals surface area contributed by atoms with Crippen molar-refractivity contribution in [1.29, 1.82) is 0 Å². The van der Waals surface area contributed by atoms with Crippen LogP contribution in [0.3, 0.4) is 0 Å². The third-order valence-corrected chi connectivity index (χ3v) is 4.23. The smallest absolute Gasteiger partial charge is 0.0587 e. The summed E-state index contributed by atoms with van der Waals surface area (Å²) in [6.45, 7) is 6.99. The molecular weight excluding hydrogens is 238 g/mol. The highest BCUT2D eigenvalue weighted by Crippen LogP contribution is 2.32. The first-order valence-electron chi connectivity index (χ1n) is 8.15. The molecule has 0 aromatic heterocycles. The summed E-state index contributed by atoms with van der Waals surface area (Å²) in [7, 11) is 1.76. The SMILES string of the molecule is CCCCOCCC(CNCCOC)C1CCCC1. The fourth-order valence-corrected chi connectivity index (χ4v) is 2.98. The van der Waals surface area contributed by atoms with Gasteiger partial charge in [0.15, 0.2) is 0 Å². The highest BCUT2D eigenvalue weighted by Gasteiger charge is 2.24. The number of ether oxygens (including phenoxy) is 2. The van der Waals surface area contributed by atoms with E-state index in [1.807, 2.05) is 0 Å². The Labute approximate surface area is 119 Å². The van der Waals surface area contributed by atoms with Gasteiger partial charge in [-0.25, -0.2) is 0 Å². The molecule has 0 aliphatic heterocycles. The van der Waals surface area contributed by atoms with E-state index in [1.54, 1.807) is 7.11 Å². The van der Waals surface area contributed by atoms with E-state index in [0.717, 1.165) is 44.7 Å². The second-order valence-electron chi connectivity index (χ2n) is 5.76. The van der Waals surface area contributed by atoms with Crippen molar-refractivity contribution in [1.82, 2.24) is 5.32 Å². The molecule has 19 heavy (non-hydrogen) atoms. The van der Waals surface area contributed by atoms with E-state index in [1.165, 1.54) is 44.9 Å². The summed E-state index contributed by atoms with van der Waals surface area (Å²) >= 11 is 0. The molecule has 0 aromatic rings. The van der Waals surface area contributed by atoms with Gasteiger partial charge in [0.1, 0.15) is 0 Å². The normalized spacial score (nSPS) is 18.0. The summed E-state index contributed by atoms with van der Waals surface area (Å²) in [5.41, 5.74) is 0. The first-order chi connectivity index (χ1) is 9.38. The molecule has 1 unspecified atom stereocenters. The molecule has 114 valence electrons. The van der Waals surface area contributed by atoms with Gasteiger partial charge in [0.2, 0.25) is 0 Å². The first kappa shape index (κ1) is 16.9. The molecule has 1 rings (SSSR count). The van der Waals surface area contributed by atoms with Gasteiger partial charge in [-0.05, 0) is 31.2 Å². The van der Waals surface area contributed by atoms with Gasteiger partial charge in [-0.2, -0.15) is 0 Å². The van der Waals surface area contributed by atoms with Crippen molar-refractivity contribution >= 4 is 0 Å². The Morgan fingerprint density at radius 2 is 1.95 bits per heavy atom. The highest BCUT2D eigenvalue weighted by molar-refractivity contribution is 4.77. The lowest BCUT2D eigenvalue weighted by Gasteiger charge is -2.24. The molecule has 1 atom stereocenters. The van der Waals surface area contributed by atoms with Crippen LogP contribution >= 0.6 is 0 Å². The second-order valence-corrected chi connectivity index (χ2v) is 5.76. The van der Waals surface area contributed by atoms with Crippen LogP contribution in [0.25, 0.3) is 0 Å². The van der Waals surface area contributed by atoms with Crippen LogP contribution in [0.1, 0.15) is 51.9 Å². The molecule has 0 bridgehead atoms. The van der Waals surface area contributed by atoms with E-state index < -0.39 is 0 Å². The zero-order valence-corrected chi connectivity index (χ0v) is 13.0. The minimum atomic E-state index is 0.793. The third kappa shape index (κ3) is 7.91. The van der Waals surface area contributed by atoms with Crippen LogP contribution in [-0.2, 0) is 9.47 Å². The van der Waals surface area contributed by atoms with Gasteiger partial charge in [0.05, 0.1) is 6.61 Å². The quantitative estimate of drug-likeness (QED) is 0.553. The first-order valence-corrected chi connectivity index (χ1v) is 8.15. The molecule has 1 N–H and O–H groups in total. The number of unbranched alkanes of at least 4 members (excludes halogenated alkanes) is 1. The van der Waals surface area contributed by atoms with E-state index >= 15 is 0 Å². The summed E-state index contributed by atoms with van der Waals surface area (Å²) < 4.78 is 10.8. The number of hydrogen-bond donors (Lipinski definition) is 1. The summed E-state index contributed by atoms with van der Waals surface area (Å²) in [5, 5.41) is 3.53. The average molecular weight is 271 g/mol. The molecule has 0 aromatic carbocycles. The molecule has 1 aliphatic carbocycles. The van der Waals surface area contributed by atoms with Crippen molar-refractivity contribution in [3.63, 3.8) is 0 Å². The average Bonchev–Trinajstić information content (AvgIpc) is 2.95. The summed E-state index contributed by atoms with van der Waals surface area (Å²) in [5.74, 6) is 1.71. The maximum absolute atomic E-state index is 5.74. The summed E-state index contributed by atoms with van der Waals surface area (Å²) in [4.78, 5) is 0. The molecular formula is C16H33NO2. The fraction of sp³-hybridized carbons (Fsp3) is 1.00. The lowest BCUT2D eigenvalue weighted by Crippen LogP contribution is -2.30. The van der Waals surface area contributed by atoms with Crippen LogP contribution in [0.4, 0.5) is 0 Å². The molecule has 0 heterocycles. The maximum atomic E-state index is 5.74. The van der Waals surface area contributed by atoms with Crippen molar-refractivity contribution in [2.24, 2.45) is 11.8 Å². The molecule has 0 radical (unpaired) electrons. The second kappa shape index (κ2) is 11.7. The Morgan fingerprint density at radius 3 is 2.63 bits per heavy atom. The molecule has 3 heteroatoms. The van der Waals surface area contributed by atoms with E-state index in [9.17, 15) is 0 Å². The topological polar surface area (TPSA) is 30.5 Å². The minimum absolute atomic E-state index is 0.793. The van der Waals surface area contributed by atoms with Gasteiger partial charge in [-0.15, -0.1) is 0 Å². The molecule has 3 nitrogen and oxygen atoms in total. The molecule has 0 amide bonds. The Hall–Kier alpha value is -0.120. The molecule has 1 saturated carbocycles. The molecule has 1 fully saturated rings. The van der Waals surface area contributed by atoms with Crippen LogP contribution in [0, 0.1) is 11.8 Å². The summed E-state index contributed by atoms with van der Waals surface area (Å²) in [6, 6.07) is 0. The standard InChI is InChI=1S/C16H33NO2/c1-3-4-11-19-12-9-16(14-17-10-13-18-2)15-7-5-6-8-15/h15-17H,3-14H2,1-2H3.